The number of hydrogen-bond donors (Lipinski definition) is 2. The van der Waals surface area contributed by atoms with Crippen molar-refractivity contribution in [3.05, 3.63) is 59.3 Å². The number of carbonyl (C=O) groups is 2. The summed E-state index contributed by atoms with van der Waals surface area (Å²) in [6, 6.07) is 11.1. The Bertz CT molecular complexity index is 1040. The summed E-state index contributed by atoms with van der Waals surface area (Å²) in [4.78, 5) is 27.5. The fourth-order valence-electron chi connectivity index (χ4n) is 3.59. The van der Waals surface area contributed by atoms with Crippen molar-refractivity contribution < 1.29 is 19.1 Å². The Morgan fingerprint density at radius 3 is 2.63 bits per heavy atom. The fraction of sp³-hybridized carbons (Fsp3) is 0.333. The third-order valence-electron chi connectivity index (χ3n) is 5.16. The molecule has 1 heterocycles. The predicted molar refractivity (Wildman–Crippen MR) is 118 cm³/mol. The maximum absolute atomic E-state index is 12.4. The smallest absolute Gasteiger partial charge is 0.337 e. The SMILES string of the molecule is CCCCCC(=O)Nc1cccc2[nH]cc(Cc3ccc(C(=O)OC)cc3OC)c12. The summed E-state index contributed by atoms with van der Waals surface area (Å²) >= 11 is 0. The van der Waals surface area contributed by atoms with Crippen molar-refractivity contribution in [1.29, 1.82) is 0 Å². The summed E-state index contributed by atoms with van der Waals surface area (Å²) in [5.41, 5.74) is 4.18. The number of aromatic amines is 1. The topological polar surface area (TPSA) is 80.4 Å². The Kier molecular flexibility index (Phi) is 7.12. The molecule has 0 saturated heterocycles. The third-order valence-corrected chi connectivity index (χ3v) is 5.16. The van der Waals surface area contributed by atoms with Gasteiger partial charge in [-0.1, -0.05) is 31.9 Å². The van der Waals surface area contributed by atoms with Crippen LogP contribution < -0.4 is 10.1 Å². The molecular formula is C24H28N2O4. The van der Waals surface area contributed by atoms with E-state index in [0.717, 1.165) is 47.0 Å². The molecule has 2 N–H and O–H groups in total. The number of ether oxygens (including phenoxy) is 2. The summed E-state index contributed by atoms with van der Waals surface area (Å²) in [6.07, 6.45) is 6.09. The second kappa shape index (κ2) is 9.96. The minimum atomic E-state index is -0.403. The first-order valence-corrected chi connectivity index (χ1v) is 10.2. The van der Waals surface area contributed by atoms with Gasteiger partial charge in [0.2, 0.25) is 5.91 Å². The zero-order chi connectivity index (χ0) is 21.5. The van der Waals surface area contributed by atoms with Crippen LogP contribution in [0.4, 0.5) is 5.69 Å². The Labute approximate surface area is 176 Å². The Hall–Kier alpha value is -3.28. The minimum absolute atomic E-state index is 0.0307. The third kappa shape index (κ3) is 4.82. The molecule has 0 radical (unpaired) electrons. The zero-order valence-corrected chi connectivity index (χ0v) is 17.7. The molecule has 0 fully saturated rings. The molecule has 0 aliphatic rings. The van der Waals surface area contributed by atoms with Crippen LogP contribution in [0.3, 0.4) is 0 Å². The van der Waals surface area contributed by atoms with Crippen molar-refractivity contribution in [3.63, 3.8) is 0 Å². The molecule has 6 nitrogen and oxygen atoms in total. The van der Waals surface area contributed by atoms with Gasteiger partial charge in [0.25, 0.3) is 0 Å². The molecule has 6 heteroatoms. The van der Waals surface area contributed by atoms with Gasteiger partial charge in [-0.15, -0.1) is 0 Å². The molecule has 1 amide bonds. The molecule has 0 aliphatic carbocycles. The highest BCUT2D eigenvalue weighted by Crippen LogP contribution is 2.31. The molecule has 3 rings (SSSR count). The first-order valence-electron chi connectivity index (χ1n) is 10.2. The van der Waals surface area contributed by atoms with Gasteiger partial charge in [-0.05, 0) is 41.8 Å². The standard InChI is InChI=1S/C24H28N2O4/c1-4-5-6-10-22(27)26-20-9-7-8-19-23(20)18(15-25-19)13-16-11-12-17(24(28)30-3)14-21(16)29-2/h7-9,11-12,14-15,25H,4-6,10,13H2,1-3H3,(H,26,27). The number of fused-ring (bicyclic) bond motifs is 1. The van der Waals surface area contributed by atoms with Gasteiger partial charge >= 0.3 is 5.97 Å². The lowest BCUT2D eigenvalue weighted by Gasteiger charge is -2.12. The molecule has 0 atom stereocenters. The number of nitrogens with one attached hydrogen (secondary N) is 2. The van der Waals surface area contributed by atoms with Crippen LogP contribution in [0.2, 0.25) is 0 Å². The van der Waals surface area contributed by atoms with E-state index in [1.807, 2.05) is 30.5 Å². The van der Waals surface area contributed by atoms with Crippen molar-refractivity contribution in [1.82, 2.24) is 4.98 Å². The maximum atomic E-state index is 12.4. The van der Waals surface area contributed by atoms with Gasteiger partial charge in [-0.3, -0.25) is 4.79 Å². The van der Waals surface area contributed by atoms with Gasteiger partial charge < -0.3 is 19.8 Å². The highest BCUT2D eigenvalue weighted by Gasteiger charge is 2.15. The lowest BCUT2D eigenvalue weighted by molar-refractivity contribution is -0.116. The summed E-state index contributed by atoms with van der Waals surface area (Å²) in [5, 5.41) is 4.05. The molecule has 0 spiro atoms. The van der Waals surface area contributed by atoms with Gasteiger partial charge in [-0.25, -0.2) is 4.79 Å². The van der Waals surface area contributed by atoms with Gasteiger partial charge in [-0.2, -0.15) is 0 Å². The molecule has 30 heavy (non-hydrogen) atoms. The van der Waals surface area contributed by atoms with Crippen LogP contribution in [0.1, 0.15) is 54.1 Å². The molecule has 0 saturated carbocycles. The van der Waals surface area contributed by atoms with Crippen molar-refractivity contribution in [2.75, 3.05) is 19.5 Å². The average Bonchev–Trinajstić information content (AvgIpc) is 3.17. The summed E-state index contributed by atoms with van der Waals surface area (Å²) < 4.78 is 10.3. The van der Waals surface area contributed by atoms with Crippen LogP contribution in [0, 0.1) is 0 Å². The quantitative estimate of drug-likeness (QED) is 0.382. The van der Waals surface area contributed by atoms with E-state index in [4.69, 9.17) is 9.47 Å². The summed E-state index contributed by atoms with van der Waals surface area (Å²) in [5.74, 6) is 0.247. The number of esters is 1. The van der Waals surface area contributed by atoms with Gasteiger partial charge in [0.05, 0.1) is 25.5 Å². The second-order valence-corrected chi connectivity index (χ2v) is 7.24. The number of methoxy groups -OCH3 is 2. The molecule has 0 bridgehead atoms. The minimum Gasteiger partial charge on any atom is -0.496 e. The molecule has 1 aromatic heterocycles. The molecule has 0 aliphatic heterocycles. The molecule has 3 aromatic rings. The Morgan fingerprint density at radius 2 is 1.90 bits per heavy atom. The van der Waals surface area contributed by atoms with Crippen LogP contribution in [-0.4, -0.2) is 31.1 Å². The van der Waals surface area contributed by atoms with E-state index in [1.54, 1.807) is 19.2 Å². The zero-order valence-electron chi connectivity index (χ0n) is 17.7. The number of unbranched alkanes of at least 4 members (excludes halogenated alkanes) is 2. The first-order chi connectivity index (χ1) is 14.6. The first kappa shape index (κ1) is 21.4. The number of amides is 1. The highest BCUT2D eigenvalue weighted by molar-refractivity contribution is 6.03. The van der Waals surface area contributed by atoms with Gasteiger partial charge in [0.15, 0.2) is 0 Å². The predicted octanol–water partition coefficient (Wildman–Crippen LogP) is 5.07. The van der Waals surface area contributed by atoms with E-state index >= 15 is 0 Å². The number of carbonyl (C=O) groups excluding carboxylic acids is 2. The normalized spacial score (nSPS) is 10.8. The van der Waals surface area contributed by atoms with E-state index in [2.05, 4.69) is 17.2 Å². The van der Waals surface area contributed by atoms with Crippen LogP contribution in [0.25, 0.3) is 10.9 Å². The molecule has 2 aromatic carbocycles. The largest absolute Gasteiger partial charge is 0.496 e. The van der Waals surface area contributed by atoms with Gasteiger partial charge in [0, 0.05) is 29.9 Å². The average molecular weight is 408 g/mol. The maximum Gasteiger partial charge on any atom is 0.337 e. The number of hydrogen-bond acceptors (Lipinski definition) is 4. The van der Waals surface area contributed by atoms with E-state index in [-0.39, 0.29) is 5.91 Å². The van der Waals surface area contributed by atoms with Gasteiger partial charge in [0.1, 0.15) is 5.75 Å². The van der Waals surface area contributed by atoms with Crippen molar-refractivity contribution in [2.24, 2.45) is 0 Å². The van der Waals surface area contributed by atoms with E-state index in [9.17, 15) is 9.59 Å². The summed E-state index contributed by atoms with van der Waals surface area (Å²) in [6.45, 7) is 2.12. The van der Waals surface area contributed by atoms with Crippen molar-refractivity contribution in [3.8, 4) is 5.75 Å². The van der Waals surface area contributed by atoms with Crippen LogP contribution in [0.15, 0.2) is 42.6 Å². The van der Waals surface area contributed by atoms with Crippen LogP contribution in [0.5, 0.6) is 5.75 Å². The number of aromatic nitrogens is 1. The Balaban J connectivity index is 1.88. The Morgan fingerprint density at radius 1 is 1.07 bits per heavy atom. The second-order valence-electron chi connectivity index (χ2n) is 7.24. The molecule has 0 unspecified atom stereocenters. The fourth-order valence-corrected chi connectivity index (χ4v) is 3.59. The monoisotopic (exact) mass is 408 g/mol. The van der Waals surface area contributed by atoms with E-state index < -0.39 is 5.97 Å². The number of rotatable bonds is 9. The lowest BCUT2D eigenvalue weighted by atomic mass is 10.0. The number of anilines is 1. The number of benzene rings is 2. The van der Waals surface area contributed by atoms with Crippen LogP contribution >= 0.6 is 0 Å². The highest BCUT2D eigenvalue weighted by atomic mass is 16.5. The van der Waals surface area contributed by atoms with E-state index in [0.29, 0.717) is 24.2 Å². The summed E-state index contributed by atoms with van der Waals surface area (Å²) in [7, 11) is 2.93. The van der Waals surface area contributed by atoms with Crippen molar-refractivity contribution >= 4 is 28.5 Å². The molecular weight excluding hydrogens is 380 g/mol. The lowest BCUT2D eigenvalue weighted by Crippen LogP contribution is -2.11. The van der Waals surface area contributed by atoms with E-state index in [1.165, 1.54) is 7.11 Å². The van der Waals surface area contributed by atoms with Crippen molar-refractivity contribution in [2.45, 2.75) is 39.0 Å². The molecule has 158 valence electrons. The van der Waals surface area contributed by atoms with Crippen LogP contribution in [-0.2, 0) is 16.0 Å². The number of H-pyrrole nitrogens is 1.